The van der Waals surface area contributed by atoms with Crippen molar-refractivity contribution in [1.29, 1.82) is 0 Å². The molecule has 1 aromatic rings. The highest BCUT2D eigenvalue weighted by atomic mass is 32.2. The summed E-state index contributed by atoms with van der Waals surface area (Å²) in [5.74, 6) is 5.39. The highest BCUT2D eigenvalue weighted by Gasteiger charge is 2.34. The average molecular weight is 312 g/mol. The minimum atomic E-state index is -3.54. The summed E-state index contributed by atoms with van der Waals surface area (Å²) in [6, 6.07) is 0.341. The van der Waals surface area contributed by atoms with E-state index in [1.807, 2.05) is 0 Å². The molecule has 0 amide bonds. The van der Waals surface area contributed by atoms with Gasteiger partial charge in [-0.15, -0.1) is 0 Å². The van der Waals surface area contributed by atoms with E-state index in [2.05, 4.69) is 20.3 Å². The molecule has 3 heterocycles. The van der Waals surface area contributed by atoms with E-state index in [-0.39, 0.29) is 10.8 Å². The van der Waals surface area contributed by atoms with Crippen molar-refractivity contribution in [3.63, 3.8) is 0 Å². The Morgan fingerprint density at radius 3 is 2.62 bits per heavy atom. The molecule has 8 nitrogen and oxygen atoms in total. The lowest BCUT2D eigenvalue weighted by Crippen LogP contribution is -2.39. The predicted molar refractivity (Wildman–Crippen MR) is 77.8 cm³/mol. The molecular formula is C12H20N6O2S. The molecule has 0 spiro atoms. The van der Waals surface area contributed by atoms with Gasteiger partial charge in [0, 0.05) is 19.1 Å². The molecule has 0 aromatic carbocycles. The number of anilines is 1. The minimum Gasteiger partial charge on any atom is -0.299 e. The number of sulfonamides is 1. The van der Waals surface area contributed by atoms with Gasteiger partial charge in [0.2, 0.25) is 16.0 Å². The third-order valence-corrected chi connectivity index (χ3v) is 5.98. The van der Waals surface area contributed by atoms with Gasteiger partial charge in [-0.1, -0.05) is 0 Å². The fourth-order valence-corrected chi connectivity index (χ4v) is 4.47. The number of rotatable bonds is 3. The van der Waals surface area contributed by atoms with Gasteiger partial charge in [-0.25, -0.2) is 24.2 Å². The number of aromatic nitrogens is 2. The van der Waals surface area contributed by atoms with Crippen molar-refractivity contribution in [2.45, 2.75) is 30.2 Å². The molecule has 1 atom stereocenters. The lowest BCUT2D eigenvalue weighted by Gasteiger charge is -2.25. The fraction of sp³-hybridized carbons (Fsp3) is 0.667. The van der Waals surface area contributed by atoms with E-state index in [4.69, 9.17) is 5.84 Å². The molecule has 21 heavy (non-hydrogen) atoms. The van der Waals surface area contributed by atoms with E-state index in [9.17, 15) is 8.42 Å². The molecule has 2 fully saturated rings. The number of nitrogens with zero attached hydrogens (tertiary/aromatic N) is 4. The molecule has 3 rings (SSSR count). The van der Waals surface area contributed by atoms with E-state index in [0.717, 1.165) is 32.4 Å². The van der Waals surface area contributed by atoms with Crippen molar-refractivity contribution in [3.8, 4) is 0 Å². The Balaban J connectivity index is 1.82. The van der Waals surface area contributed by atoms with Gasteiger partial charge in [-0.2, -0.15) is 4.31 Å². The van der Waals surface area contributed by atoms with Crippen LogP contribution in [0.1, 0.15) is 19.3 Å². The number of nitrogen functional groups attached to an aromatic ring is 1. The first-order chi connectivity index (χ1) is 10.1. The van der Waals surface area contributed by atoms with Crippen LogP contribution in [0.4, 0.5) is 5.95 Å². The molecule has 1 aromatic heterocycles. The molecule has 2 saturated heterocycles. The Kier molecular flexibility index (Phi) is 4.07. The molecular weight excluding hydrogens is 292 g/mol. The summed E-state index contributed by atoms with van der Waals surface area (Å²) in [7, 11) is -3.54. The summed E-state index contributed by atoms with van der Waals surface area (Å²) in [5.41, 5.74) is 2.29. The zero-order valence-electron chi connectivity index (χ0n) is 11.8. The van der Waals surface area contributed by atoms with Crippen LogP contribution in [-0.2, 0) is 10.0 Å². The summed E-state index contributed by atoms with van der Waals surface area (Å²) in [6.07, 6.45) is 5.68. The van der Waals surface area contributed by atoms with E-state index in [0.29, 0.717) is 19.1 Å². The standard InChI is InChI=1S/C12H20N6O2S/c13-16-12-14-7-11(8-15-12)21(19,20)18-6-2-5-17-4-1-3-10(17)9-18/h7-8,10H,1-6,9,13H2,(H,14,15,16). The second kappa shape index (κ2) is 5.84. The van der Waals surface area contributed by atoms with Crippen LogP contribution in [-0.4, -0.2) is 59.8 Å². The summed E-state index contributed by atoms with van der Waals surface area (Å²) >= 11 is 0. The third kappa shape index (κ3) is 2.86. The molecule has 1 unspecified atom stereocenters. The summed E-state index contributed by atoms with van der Waals surface area (Å²) in [4.78, 5) is 10.3. The molecule has 0 aliphatic carbocycles. The van der Waals surface area contributed by atoms with Crippen molar-refractivity contribution in [2.24, 2.45) is 5.84 Å². The van der Waals surface area contributed by atoms with Crippen molar-refractivity contribution in [3.05, 3.63) is 12.4 Å². The maximum Gasteiger partial charge on any atom is 0.246 e. The van der Waals surface area contributed by atoms with Crippen molar-refractivity contribution >= 4 is 16.0 Å². The van der Waals surface area contributed by atoms with Crippen molar-refractivity contribution < 1.29 is 8.42 Å². The van der Waals surface area contributed by atoms with E-state index in [1.54, 1.807) is 4.31 Å². The van der Waals surface area contributed by atoms with Gasteiger partial charge in [-0.3, -0.25) is 10.3 Å². The summed E-state index contributed by atoms with van der Waals surface area (Å²) in [6.45, 7) is 3.16. The van der Waals surface area contributed by atoms with Gasteiger partial charge >= 0.3 is 0 Å². The van der Waals surface area contributed by atoms with Crippen LogP contribution in [0.15, 0.2) is 17.3 Å². The van der Waals surface area contributed by atoms with Crippen LogP contribution in [0.2, 0.25) is 0 Å². The normalized spacial score (nSPS) is 24.5. The molecule has 116 valence electrons. The van der Waals surface area contributed by atoms with E-state index < -0.39 is 10.0 Å². The van der Waals surface area contributed by atoms with E-state index in [1.165, 1.54) is 12.4 Å². The van der Waals surface area contributed by atoms with Crippen LogP contribution >= 0.6 is 0 Å². The summed E-state index contributed by atoms with van der Waals surface area (Å²) in [5, 5.41) is 0. The second-order valence-corrected chi connectivity index (χ2v) is 7.37. The van der Waals surface area contributed by atoms with Crippen LogP contribution < -0.4 is 11.3 Å². The Morgan fingerprint density at radius 1 is 1.19 bits per heavy atom. The molecule has 3 N–H and O–H groups in total. The van der Waals surface area contributed by atoms with Crippen molar-refractivity contribution in [1.82, 2.24) is 19.2 Å². The first-order valence-corrected chi connectivity index (χ1v) is 8.58. The Labute approximate surface area is 124 Å². The molecule has 0 bridgehead atoms. The minimum absolute atomic E-state index is 0.118. The average Bonchev–Trinajstić information content (AvgIpc) is 2.84. The van der Waals surface area contributed by atoms with E-state index >= 15 is 0 Å². The highest BCUT2D eigenvalue weighted by molar-refractivity contribution is 7.89. The molecule has 9 heteroatoms. The highest BCUT2D eigenvalue weighted by Crippen LogP contribution is 2.25. The van der Waals surface area contributed by atoms with Crippen LogP contribution in [0.25, 0.3) is 0 Å². The Bertz CT molecular complexity index is 590. The fourth-order valence-electron chi connectivity index (χ4n) is 3.06. The van der Waals surface area contributed by atoms with Gasteiger partial charge in [0.15, 0.2) is 0 Å². The number of hydrazine groups is 1. The quantitative estimate of drug-likeness (QED) is 0.579. The molecule has 0 saturated carbocycles. The summed E-state index contributed by atoms with van der Waals surface area (Å²) < 4.78 is 27.0. The lowest BCUT2D eigenvalue weighted by molar-refractivity contribution is 0.257. The number of hydrogen-bond acceptors (Lipinski definition) is 7. The Hall–Kier alpha value is -1.29. The zero-order chi connectivity index (χ0) is 14.9. The number of fused-ring (bicyclic) bond motifs is 1. The first-order valence-electron chi connectivity index (χ1n) is 7.14. The van der Waals surface area contributed by atoms with Gasteiger partial charge in [0.05, 0.1) is 12.4 Å². The second-order valence-electron chi connectivity index (χ2n) is 5.44. The first kappa shape index (κ1) is 14.6. The molecule has 0 radical (unpaired) electrons. The number of nitrogens with two attached hydrogens (primary N) is 1. The SMILES string of the molecule is NNc1ncc(S(=O)(=O)N2CCCN3CCCC3C2)cn1. The third-order valence-electron chi connectivity index (χ3n) is 4.16. The number of hydrogen-bond donors (Lipinski definition) is 2. The molecule has 2 aliphatic heterocycles. The van der Waals surface area contributed by atoms with Crippen LogP contribution in [0.5, 0.6) is 0 Å². The predicted octanol–water partition coefficient (Wildman–Crippen LogP) is -0.379. The van der Waals surface area contributed by atoms with Gasteiger partial charge in [-0.05, 0) is 32.4 Å². The topological polar surface area (TPSA) is 104 Å². The van der Waals surface area contributed by atoms with Crippen molar-refractivity contribution in [2.75, 3.05) is 31.6 Å². The number of nitrogens with one attached hydrogen (secondary N) is 1. The molecule has 2 aliphatic rings. The lowest BCUT2D eigenvalue weighted by atomic mass is 10.2. The maximum absolute atomic E-state index is 12.7. The Morgan fingerprint density at radius 2 is 1.90 bits per heavy atom. The van der Waals surface area contributed by atoms with Gasteiger partial charge < -0.3 is 0 Å². The van der Waals surface area contributed by atoms with Gasteiger partial charge in [0.25, 0.3) is 0 Å². The zero-order valence-corrected chi connectivity index (χ0v) is 12.6. The monoisotopic (exact) mass is 312 g/mol. The van der Waals surface area contributed by atoms with Crippen LogP contribution in [0, 0.1) is 0 Å². The van der Waals surface area contributed by atoms with Crippen LogP contribution in [0.3, 0.4) is 0 Å². The van der Waals surface area contributed by atoms with Gasteiger partial charge in [0.1, 0.15) is 4.90 Å². The smallest absolute Gasteiger partial charge is 0.246 e. The largest absolute Gasteiger partial charge is 0.299 e. The maximum atomic E-state index is 12.7.